The van der Waals surface area contributed by atoms with Crippen LogP contribution in [0.3, 0.4) is 0 Å². The Bertz CT molecular complexity index is 183. The minimum atomic E-state index is -4.07. The fourth-order valence-electron chi connectivity index (χ4n) is 0.404. The summed E-state index contributed by atoms with van der Waals surface area (Å²) in [6, 6.07) is -0.313. The third-order valence-electron chi connectivity index (χ3n) is 1.02. The van der Waals surface area contributed by atoms with Crippen LogP contribution in [0, 0.1) is 0 Å². The lowest BCUT2D eigenvalue weighted by atomic mass is 10.4. The highest BCUT2D eigenvalue weighted by molar-refractivity contribution is 6.56. The van der Waals surface area contributed by atoms with Gasteiger partial charge in [0.1, 0.15) is 0 Å². The Kier molecular flexibility index (Phi) is 4.11. The number of hydrogen-bond donors (Lipinski definition) is 3. The van der Waals surface area contributed by atoms with Gasteiger partial charge in [-0.15, -0.1) is 0 Å². The van der Waals surface area contributed by atoms with E-state index in [1.165, 1.54) is 6.92 Å². The Morgan fingerprint density at radius 1 is 1.50 bits per heavy atom. The summed E-state index contributed by atoms with van der Waals surface area (Å²) in [6.07, 6.45) is 0. The summed E-state index contributed by atoms with van der Waals surface area (Å²) >= 11 is 0. The highest BCUT2D eigenvalue weighted by Gasteiger charge is 2.26. The van der Waals surface area contributed by atoms with E-state index >= 15 is 0 Å². The van der Waals surface area contributed by atoms with Gasteiger partial charge in [-0.25, -0.2) is 4.79 Å². The Morgan fingerprint density at radius 3 is 2.33 bits per heavy atom. The van der Waals surface area contributed by atoms with Crippen LogP contribution in [0.4, 0.5) is 0 Å². The quantitative estimate of drug-likeness (QED) is 0.303. The van der Waals surface area contributed by atoms with Crippen LogP contribution in [0.5, 0.6) is 0 Å². The zero-order valence-corrected chi connectivity index (χ0v) is 7.78. The second-order valence-corrected chi connectivity index (χ2v) is 4.49. The average molecular weight is 192 g/mol. The molecule has 0 aliphatic heterocycles. The second-order valence-electron chi connectivity index (χ2n) is 2.44. The monoisotopic (exact) mass is 192 g/mol. The molecule has 0 fully saturated rings. The van der Waals surface area contributed by atoms with E-state index in [4.69, 9.17) is 14.4 Å². The fraction of sp³-hybridized carbons (Fsp3) is 0.500. The number of ether oxygens (including phenoxy) is 1. The van der Waals surface area contributed by atoms with Gasteiger partial charge in [-0.3, -0.25) is 0 Å². The summed E-state index contributed by atoms with van der Waals surface area (Å²) in [5.74, 6) is -0.603. The molecule has 0 radical (unpaired) electrons. The maximum atomic E-state index is 10.7. The molecular weight excluding hydrogens is 180 g/mol. The SMILES string of the molecule is C=C(C)C(=O)OCC[Si](O)(O)O. The maximum absolute atomic E-state index is 10.7. The van der Waals surface area contributed by atoms with Gasteiger partial charge in [0, 0.05) is 5.57 Å². The molecule has 0 bridgehead atoms. The lowest BCUT2D eigenvalue weighted by Gasteiger charge is -2.09. The summed E-state index contributed by atoms with van der Waals surface area (Å²) < 4.78 is 4.50. The van der Waals surface area contributed by atoms with Gasteiger partial charge in [0.25, 0.3) is 0 Å². The Morgan fingerprint density at radius 2 is 2.00 bits per heavy atom. The predicted molar refractivity (Wildman–Crippen MR) is 43.0 cm³/mol. The van der Waals surface area contributed by atoms with Gasteiger partial charge < -0.3 is 19.1 Å². The highest BCUT2D eigenvalue weighted by atomic mass is 28.4. The smallest absolute Gasteiger partial charge is 0.462 e. The third-order valence-corrected chi connectivity index (χ3v) is 1.89. The molecule has 0 amide bonds. The van der Waals surface area contributed by atoms with E-state index in [9.17, 15) is 4.79 Å². The van der Waals surface area contributed by atoms with Gasteiger partial charge in [0.05, 0.1) is 12.7 Å². The minimum absolute atomic E-state index is 0.207. The molecule has 0 unspecified atom stereocenters. The summed E-state index contributed by atoms with van der Waals surface area (Å²) in [7, 11) is -4.07. The first-order valence-corrected chi connectivity index (χ1v) is 5.37. The number of rotatable bonds is 4. The predicted octanol–water partition coefficient (Wildman–Crippen LogP) is -0.978. The van der Waals surface area contributed by atoms with Gasteiger partial charge >= 0.3 is 14.8 Å². The van der Waals surface area contributed by atoms with Crippen LogP contribution < -0.4 is 0 Å². The van der Waals surface area contributed by atoms with Gasteiger partial charge in [-0.2, -0.15) is 0 Å². The van der Waals surface area contributed by atoms with Crippen LogP contribution in [0.2, 0.25) is 6.04 Å². The van der Waals surface area contributed by atoms with E-state index in [0.29, 0.717) is 0 Å². The normalized spacial score (nSPS) is 11.0. The molecule has 0 aromatic carbocycles. The zero-order valence-electron chi connectivity index (χ0n) is 6.78. The van der Waals surface area contributed by atoms with Crippen LogP contribution >= 0.6 is 0 Å². The summed E-state index contributed by atoms with van der Waals surface area (Å²) in [5, 5.41) is 0. The van der Waals surface area contributed by atoms with Gasteiger partial charge in [0.2, 0.25) is 0 Å². The van der Waals surface area contributed by atoms with Crippen LogP contribution in [0.1, 0.15) is 6.92 Å². The third kappa shape index (κ3) is 6.05. The number of carbonyl (C=O) groups excluding carboxylic acids is 1. The summed E-state index contributed by atoms with van der Waals surface area (Å²) in [6.45, 7) is 4.59. The standard InChI is InChI=1S/C6H12O5Si/c1-5(2)6(7)11-3-4-12(8,9)10/h8-10H,1,3-4H2,2H3. The Balaban J connectivity index is 3.58. The topological polar surface area (TPSA) is 87.0 Å². The zero-order chi connectivity index (χ0) is 9.78. The molecule has 0 rings (SSSR count). The molecule has 0 aliphatic carbocycles. The molecule has 6 heteroatoms. The molecule has 0 spiro atoms. The molecule has 0 atom stereocenters. The van der Waals surface area contributed by atoms with E-state index in [0.717, 1.165) is 0 Å². The van der Waals surface area contributed by atoms with Crippen molar-refractivity contribution < 1.29 is 23.9 Å². The molecule has 0 saturated carbocycles. The number of hydrogen-bond acceptors (Lipinski definition) is 5. The Hall–Kier alpha value is -0.693. The van der Waals surface area contributed by atoms with Crippen molar-refractivity contribution in [1.29, 1.82) is 0 Å². The van der Waals surface area contributed by atoms with E-state index in [1.54, 1.807) is 0 Å². The van der Waals surface area contributed by atoms with Crippen molar-refractivity contribution in [3.63, 3.8) is 0 Å². The van der Waals surface area contributed by atoms with Crippen molar-refractivity contribution in [2.75, 3.05) is 6.61 Å². The molecular formula is C6H12O5Si. The van der Waals surface area contributed by atoms with Gasteiger partial charge in [0.15, 0.2) is 0 Å². The van der Waals surface area contributed by atoms with Crippen LogP contribution in [0.25, 0.3) is 0 Å². The lowest BCUT2D eigenvalue weighted by Crippen LogP contribution is -2.36. The maximum Gasteiger partial charge on any atom is 0.496 e. The average Bonchev–Trinajstić information content (AvgIpc) is 1.84. The minimum Gasteiger partial charge on any atom is -0.462 e. The van der Waals surface area contributed by atoms with Crippen molar-refractivity contribution in [3.8, 4) is 0 Å². The molecule has 3 N–H and O–H groups in total. The van der Waals surface area contributed by atoms with Gasteiger partial charge in [-0.05, 0) is 6.92 Å². The van der Waals surface area contributed by atoms with E-state index < -0.39 is 14.8 Å². The molecule has 0 aromatic rings. The molecule has 0 saturated heterocycles. The van der Waals surface area contributed by atoms with Crippen molar-refractivity contribution in [1.82, 2.24) is 0 Å². The van der Waals surface area contributed by atoms with Crippen molar-refractivity contribution in [2.24, 2.45) is 0 Å². The first-order chi connectivity index (χ1) is 5.33. The second kappa shape index (κ2) is 4.36. The Labute approximate surface area is 71.3 Å². The summed E-state index contributed by atoms with van der Waals surface area (Å²) in [5.41, 5.74) is 0.232. The first-order valence-electron chi connectivity index (χ1n) is 3.32. The van der Waals surface area contributed by atoms with Gasteiger partial charge in [-0.1, -0.05) is 6.58 Å². The van der Waals surface area contributed by atoms with E-state index in [2.05, 4.69) is 11.3 Å². The molecule has 0 aliphatic rings. The van der Waals surface area contributed by atoms with Crippen LogP contribution in [0.15, 0.2) is 12.2 Å². The highest BCUT2D eigenvalue weighted by Crippen LogP contribution is 1.99. The van der Waals surface area contributed by atoms with Crippen LogP contribution in [-0.4, -0.2) is 35.8 Å². The molecule has 70 valence electrons. The van der Waals surface area contributed by atoms with E-state index in [-0.39, 0.29) is 18.2 Å². The molecule has 5 nitrogen and oxygen atoms in total. The number of carbonyl (C=O) groups is 1. The van der Waals surface area contributed by atoms with E-state index in [1.807, 2.05) is 0 Å². The molecule has 0 aromatic heterocycles. The van der Waals surface area contributed by atoms with Crippen molar-refractivity contribution in [2.45, 2.75) is 13.0 Å². The number of esters is 1. The largest absolute Gasteiger partial charge is 0.496 e. The van der Waals surface area contributed by atoms with Crippen molar-refractivity contribution >= 4 is 14.8 Å². The fourth-order valence-corrected chi connectivity index (χ4v) is 0.780. The first kappa shape index (κ1) is 11.3. The summed E-state index contributed by atoms with van der Waals surface area (Å²) in [4.78, 5) is 36.2. The molecule has 12 heavy (non-hydrogen) atoms. The van der Waals surface area contributed by atoms with Crippen molar-refractivity contribution in [3.05, 3.63) is 12.2 Å². The lowest BCUT2D eigenvalue weighted by molar-refractivity contribution is -0.138. The van der Waals surface area contributed by atoms with Crippen LogP contribution in [-0.2, 0) is 9.53 Å². The molecule has 0 heterocycles.